The molecule has 0 radical (unpaired) electrons. The molecular weight excluding hydrogens is 198 g/mol. The molecule has 0 spiro atoms. The summed E-state index contributed by atoms with van der Waals surface area (Å²) in [7, 11) is 1.71. The lowest BCUT2D eigenvalue weighted by molar-refractivity contribution is 0.412. The Balaban J connectivity index is 2.62. The summed E-state index contributed by atoms with van der Waals surface area (Å²) in [6.07, 6.45) is 3.58. The fourth-order valence-electron chi connectivity index (χ4n) is 1.81. The Morgan fingerprint density at radius 2 is 2.12 bits per heavy atom. The summed E-state index contributed by atoms with van der Waals surface area (Å²) in [5, 5.41) is 3.58. The molecule has 0 fully saturated rings. The molecule has 2 heteroatoms. The number of rotatable bonds is 7. The number of hydrogen-bond donors (Lipinski definition) is 1. The Labute approximate surface area is 99.0 Å². The van der Waals surface area contributed by atoms with E-state index in [4.69, 9.17) is 4.74 Å². The molecule has 0 heterocycles. The van der Waals surface area contributed by atoms with Crippen LogP contribution in [-0.2, 0) is 0 Å². The van der Waals surface area contributed by atoms with Crippen molar-refractivity contribution >= 4 is 0 Å². The summed E-state index contributed by atoms with van der Waals surface area (Å²) in [5.41, 5.74) is 1.32. The van der Waals surface area contributed by atoms with Gasteiger partial charge in [0.2, 0.25) is 0 Å². The molecule has 1 aromatic carbocycles. The smallest absolute Gasteiger partial charge is 0.119 e. The summed E-state index contributed by atoms with van der Waals surface area (Å²) < 4.78 is 5.25. The zero-order valence-corrected chi connectivity index (χ0v) is 10.6. The minimum atomic E-state index is 0.446. The van der Waals surface area contributed by atoms with Gasteiger partial charge in [0.1, 0.15) is 5.75 Å². The SMILES string of the molecule is CCCCNC(CC)c1cccc(OC)c1. The molecule has 2 nitrogen and oxygen atoms in total. The van der Waals surface area contributed by atoms with Crippen LogP contribution in [0.15, 0.2) is 24.3 Å². The standard InChI is InChI=1S/C14H23NO/c1-4-6-10-15-14(5-2)12-8-7-9-13(11-12)16-3/h7-9,11,14-15H,4-6,10H2,1-3H3. The second kappa shape index (κ2) is 7.29. The third-order valence-corrected chi connectivity index (χ3v) is 2.83. The van der Waals surface area contributed by atoms with Gasteiger partial charge in [-0.3, -0.25) is 0 Å². The number of hydrogen-bond acceptors (Lipinski definition) is 2. The average molecular weight is 221 g/mol. The van der Waals surface area contributed by atoms with Crippen molar-refractivity contribution in [2.75, 3.05) is 13.7 Å². The van der Waals surface area contributed by atoms with Gasteiger partial charge in [-0.2, -0.15) is 0 Å². The lowest BCUT2D eigenvalue weighted by atomic mass is 10.0. The van der Waals surface area contributed by atoms with E-state index in [9.17, 15) is 0 Å². The first-order valence-electron chi connectivity index (χ1n) is 6.19. The molecule has 0 saturated carbocycles. The highest BCUT2D eigenvalue weighted by Crippen LogP contribution is 2.21. The van der Waals surface area contributed by atoms with Crippen molar-refractivity contribution in [3.63, 3.8) is 0 Å². The Hall–Kier alpha value is -1.02. The summed E-state index contributed by atoms with van der Waals surface area (Å²) in [6, 6.07) is 8.77. The Morgan fingerprint density at radius 3 is 2.75 bits per heavy atom. The molecule has 1 N–H and O–H groups in total. The first kappa shape index (κ1) is 13.0. The molecule has 0 aromatic heterocycles. The zero-order valence-electron chi connectivity index (χ0n) is 10.6. The van der Waals surface area contributed by atoms with Crippen molar-refractivity contribution in [2.24, 2.45) is 0 Å². The van der Waals surface area contributed by atoms with E-state index in [1.807, 2.05) is 6.07 Å². The molecule has 0 amide bonds. The number of unbranched alkanes of at least 4 members (excludes halogenated alkanes) is 1. The van der Waals surface area contributed by atoms with E-state index < -0.39 is 0 Å². The maximum Gasteiger partial charge on any atom is 0.119 e. The summed E-state index contributed by atoms with van der Waals surface area (Å²) in [4.78, 5) is 0. The van der Waals surface area contributed by atoms with Gasteiger partial charge in [-0.1, -0.05) is 32.4 Å². The number of nitrogens with one attached hydrogen (secondary N) is 1. The maximum absolute atomic E-state index is 5.25. The molecule has 16 heavy (non-hydrogen) atoms. The van der Waals surface area contributed by atoms with Crippen molar-refractivity contribution in [3.8, 4) is 5.75 Å². The Bertz CT molecular complexity index is 299. The van der Waals surface area contributed by atoms with Gasteiger partial charge in [-0.05, 0) is 37.1 Å². The van der Waals surface area contributed by atoms with Crippen LogP contribution >= 0.6 is 0 Å². The van der Waals surface area contributed by atoms with Crippen LogP contribution in [0.3, 0.4) is 0 Å². The van der Waals surface area contributed by atoms with Crippen LogP contribution < -0.4 is 10.1 Å². The second-order valence-corrected chi connectivity index (χ2v) is 4.05. The molecule has 1 atom stereocenters. The molecule has 0 aliphatic carbocycles. The third kappa shape index (κ3) is 3.86. The lowest BCUT2D eigenvalue weighted by Gasteiger charge is -2.17. The number of ether oxygens (including phenoxy) is 1. The van der Waals surface area contributed by atoms with Crippen molar-refractivity contribution in [1.82, 2.24) is 5.32 Å². The number of benzene rings is 1. The van der Waals surface area contributed by atoms with E-state index in [-0.39, 0.29) is 0 Å². The highest BCUT2D eigenvalue weighted by atomic mass is 16.5. The van der Waals surface area contributed by atoms with Crippen molar-refractivity contribution in [1.29, 1.82) is 0 Å². The minimum absolute atomic E-state index is 0.446. The van der Waals surface area contributed by atoms with Crippen LogP contribution in [0, 0.1) is 0 Å². The second-order valence-electron chi connectivity index (χ2n) is 4.05. The molecule has 1 rings (SSSR count). The summed E-state index contributed by atoms with van der Waals surface area (Å²) in [6.45, 7) is 5.52. The van der Waals surface area contributed by atoms with Gasteiger partial charge < -0.3 is 10.1 Å². The number of methoxy groups -OCH3 is 1. The fraction of sp³-hybridized carbons (Fsp3) is 0.571. The van der Waals surface area contributed by atoms with E-state index >= 15 is 0 Å². The quantitative estimate of drug-likeness (QED) is 0.711. The molecule has 1 unspecified atom stereocenters. The van der Waals surface area contributed by atoms with Gasteiger partial charge in [0.25, 0.3) is 0 Å². The van der Waals surface area contributed by atoms with Crippen LogP contribution in [0.2, 0.25) is 0 Å². The van der Waals surface area contributed by atoms with Crippen LogP contribution in [0.25, 0.3) is 0 Å². The van der Waals surface area contributed by atoms with E-state index in [1.54, 1.807) is 7.11 Å². The minimum Gasteiger partial charge on any atom is -0.497 e. The Kier molecular flexibility index (Phi) is 5.94. The van der Waals surface area contributed by atoms with Crippen LogP contribution in [0.5, 0.6) is 5.75 Å². The highest BCUT2D eigenvalue weighted by molar-refractivity contribution is 5.30. The molecule has 90 valence electrons. The average Bonchev–Trinajstić information content (AvgIpc) is 2.35. The van der Waals surface area contributed by atoms with Gasteiger partial charge in [0, 0.05) is 6.04 Å². The summed E-state index contributed by atoms with van der Waals surface area (Å²) >= 11 is 0. The van der Waals surface area contributed by atoms with E-state index in [2.05, 4.69) is 37.4 Å². The Morgan fingerprint density at radius 1 is 1.31 bits per heavy atom. The summed E-state index contributed by atoms with van der Waals surface area (Å²) in [5.74, 6) is 0.938. The van der Waals surface area contributed by atoms with Gasteiger partial charge in [0.05, 0.1) is 7.11 Å². The molecule has 1 aromatic rings. The van der Waals surface area contributed by atoms with Gasteiger partial charge in [-0.25, -0.2) is 0 Å². The van der Waals surface area contributed by atoms with E-state index in [0.29, 0.717) is 6.04 Å². The van der Waals surface area contributed by atoms with Crippen molar-refractivity contribution in [2.45, 2.75) is 39.2 Å². The van der Waals surface area contributed by atoms with Crippen molar-refractivity contribution < 1.29 is 4.74 Å². The van der Waals surface area contributed by atoms with E-state index in [1.165, 1.54) is 18.4 Å². The van der Waals surface area contributed by atoms with Crippen molar-refractivity contribution in [3.05, 3.63) is 29.8 Å². The molecular formula is C14H23NO. The van der Waals surface area contributed by atoms with Gasteiger partial charge in [-0.15, -0.1) is 0 Å². The van der Waals surface area contributed by atoms with Crippen LogP contribution in [0.1, 0.15) is 44.7 Å². The maximum atomic E-state index is 5.25. The third-order valence-electron chi connectivity index (χ3n) is 2.83. The molecule has 0 saturated heterocycles. The molecule has 0 bridgehead atoms. The predicted octanol–water partition coefficient (Wildman–Crippen LogP) is 3.54. The fourth-order valence-corrected chi connectivity index (χ4v) is 1.81. The van der Waals surface area contributed by atoms with Crippen LogP contribution in [-0.4, -0.2) is 13.7 Å². The monoisotopic (exact) mass is 221 g/mol. The topological polar surface area (TPSA) is 21.3 Å². The first-order chi connectivity index (χ1) is 7.81. The van der Waals surface area contributed by atoms with Gasteiger partial charge in [0.15, 0.2) is 0 Å². The largest absolute Gasteiger partial charge is 0.497 e. The molecule has 0 aliphatic heterocycles. The first-order valence-corrected chi connectivity index (χ1v) is 6.19. The van der Waals surface area contributed by atoms with Gasteiger partial charge >= 0.3 is 0 Å². The van der Waals surface area contributed by atoms with Crippen LogP contribution in [0.4, 0.5) is 0 Å². The molecule has 0 aliphatic rings. The zero-order chi connectivity index (χ0) is 11.8. The normalized spacial score (nSPS) is 12.4. The highest BCUT2D eigenvalue weighted by Gasteiger charge is 2.08. The van der Waals surface area contributed by atoms with E-state index in [0.717, 1.165) is 18.7 Å². The lowest BCUT2D eigenvalue weighted by Crippen LogP contribution is -2.21. The predicted molar refractivity (Wildman–Crippen MR) is 68.9 cm³/mol.